The molecule has 1 N–H and O–H groups in total. The molecule has 1 aliphatic heterocycles. The van der Waals surface area contributed by atoms with Gasteiger partial charge in [-0.2, -0.15) is 0 Å². The number of hydrogen-bond donors (Lipinski definition) is 1. The van der Waals surface area contributed by atoms with Gasteiger partial charge < -0.3 is 10.2 Å². The summed E-state index contributed by atoms with van der Waals surface area (Å²) in [7, 11) is 0. The molecule has 1 aliphatic rings. The zero-order valence-electron chi connectivity index (χ0n) is 11.7. The van der Waals surface area contributed by atoms with Gasteiger partial charge in [-0.25, -0.2) is 0 Å². The van der Waals surface area contributed by atoms with E-state index >= 15 is 0 Å². The maximum absolute atomic E-state index is 6.05. The summed E-state index contributed by atoms with van der Waals surface area (Å²) >= 11 is 12.0. The molecule has 110 valence electrons. The zero-order valence-corrected chi connectivity index (χ0v) is 13.2. The molecule has 0 amide bonds. The standard InChI is InChI=1S/C17H18Cl2N2/c18-16-7-6-14(12-17(16)19)20-13-8-10-21(11-9-13)15-4-2-1-3-5-15/h1-7,12-13,20H,8-11H2. The van der Waals surface area contributed by atoms with Crippen molar-refractivity contribution in [3.8, 4) is 0 Å². The number of nitrogens with zero attached hydrogens (tertiary/aromatic N) is 1. The van der Waals surface area contributed by atoms with E-state index in [9.17, 15) is 0 Å². The molecule has 2 aromatic carbocycles. The minimum atomic E-state index is 0.488. The highest BCUT2D eigenvalue weighted by molar-refractivity contribution is 6.42. The molecule has 4 heteroatoms. The molecule has 1 heterocycles. The first kappa shape index (κ1) is 14.6. The Bertz CT molecular complexity index is 593. The number of para-hydroxylation sites is 1. The third-order valence-corrected chi connectivity index (χ3v) is 4.65. The summed E-state index contributed by atoms with van der Waals surface area (Å²) in [6.45, 7) is 2.14. The minimum Gasteiger partial charge on any atom is -0.382 e. The summed E-state index contributed by atoms with van der Waals surface area (Å²) in [6, 6.07) is 16.8. The van der Waals surface area contributed by atoms with Gasteiger partial charge in [-0.3, -0.25) is 0 Å². The molecule has 0 radical (unpaired) electrons. The number of benzene rings is 2. The van der Waals surface area contributed by atoms with Gasteiger partial charge >= 0.3 is 0 Å². The van der Waals surface area contributed by atoms with E-state index < -0.39 is 0 Å². The monoisotopic (exact) mass is 320 g/mol. The largest absolute Gasteiger partial charge is 0.382 e. The predicted molar refractivity (Wildman–Crippen MR) is 91.8 cm³/mol. The Balaban J connectivity index is 1.57. The Labute approximate surface area is 135 Å². The van der Waals surface area contributed by atoms with Crippen molar-refractivity contribution < 1.29 is 0 Å². The van der Waals surface area contributed by atoms with Crippen molar-refractivity contribution in [3.05, 3.63) is 58.6 Å². The first-order valence-corrected chi connectivity index (χ1v) is 7.99. The molecular formula is C17H18Cl2N2. The van der Waals surface area contributed by atoms with Crippen LogP contribution in [0.3, 0.4) is 0 Å². The van der Waals surface area contributed by atoms with Crippen LogP contribution >= 0.6 is 23.2 Å². The topological polar surface area (TPSA) is 15.3 Å². The molecule has 1 fully saturated rings. The number of rotatable bonds is 3. The van der Waals surface area contributed by atoms with E-state index in [2.05, 4.69) is 40.5 Å². The van der Waals surface area contributed by atoms with Crippen LogP contribution in [0.25, 0.3) is 0 Å². The van der Waals surface area contributed by atoms with Crippen LogP contribution in [0.15, 0.2) is 48.5 Å². The number of piperidine rings is 1. The smallest absolute Gasteiger partial charge is 0.0612 e. The van der Waals surface area contributed by atoms with Crippen LogP contribution in [-0.2, 0) is 0 Å². The van der Waals surface area contributed by atoms with Gasteiger partial charge in [-0.1, -0.05) is 41.4 Å². The first-order valence-electron chi connectivity index (χ1n) is 7.24. The van der Waals surface area contributed by atoms with Gasteiger partial charge in [0.2, 0.25) is 0 Å². The molecule has 0 bridgehead atoms. The van der Waals surface area contributed by atoms with Crippen LogP contribution in [0.1, 0.15) is 12.8 Å². The molecule has 0 aromatic heterocycles. The second-order valence-corrected chi connectivity index (χ2v) is 6.18. The van der Waals surface area contributed by atoms with Crippen LogP contribution in [0.5, 0.6) is 0 Å². The minimum absolute atomic E-state index is 0.488. The number of halogens is 2. The lowest BCUT2D eigenvalue weighted by molar-refractivity contribution is 0.527. The first-order chi connectivity index (χ1) is 10.2. The van der Waals surface area contributed by atoms with Gasteiger partial charge in [-0.15, -0.1) is 0 Å². The summed E-state index contributed by atoms with van der Waals surface area (Å²) in [4.78, 5) is 2.44. The SMILES string of the molecule is Clc1ccc(NC2CCN(c3ccccc3)CC2)cc1Cl. The fourth-order valence-corrected chi connectivity index (χ4v) is 3.04. The number of hydrogen-bond acceptors (Lipinski definition) is 2. The van der Waals surface area contributed by atoms with Crippen LogP contribution in [0.4, 0.5) is 11.4 Å². The lowest BCUT2D eigenvalue weighted by Gasteiger charge is -2.34. The zero-order chi connectivity index (χ0) is 14.7. The molecule has 0 atom stereocenters. The second kappa shape index (κ2) is 6.59. The van der Waals surface area contributed by atoms with Crippen molar-refractivity contribution in [2.75, 3.05) is 23.3 Å². The van der Waals surface area contributed by atoms with Gasteiger partial charge in [0.15, 0.2) is 0 Å². The van der Waals surface area contributed by atoms with Gasteiger partial charge in [0.05, 0.1) is 10.0 Å². The fourth-order valence-electron chi connectivity index (χ4n) is 2.74. The molecule has 21 heavy (non-hydrogen) atoms. The van der Waals surface area contributed by atoms with Crippen LogP contribution < -0.4 is 10.2 Å². The Morgan fingerprint density at radius 2 is 1.62 bits per heavy atom. The van der Waals surface area contributed by atoms with E-state index in [0.717, 1.165) is 31.6 Å². The van der Waals surface area contributed by atoms with Crippen molar-refractivity contribution in [1.82, 2.24) is 0 Å². The highest BCUT2D eigenvalue weighted by Gasteiger charge is 2.19. The van der Waals surface area contributed by atoms with Crippen LogP contribution in [-0.4, -0.2) is 19.1 Å². The van der Waals surface area contributed by atoms with Crippen molar-refractivity contribution in [3.63, 3.8) is 0 Å². The van der Waals surface area contributed by atoms with E-state index in [1.54, 1.807) is 0 Å². The lowest BCUT2D eigenvalue weighted by Crippen LogP contribution is -2.39. The Morgan fingerprint density at radius 3 is 2.29 bits per heavy atom. The number of nitrogens with one attached hydrogen (secondary N) is 1. The van der Waals surface area contributed by atoms with Gasteiger partial charge in [0.1, 0.15) is 0 Å². The third kappa shape index (κ3) is 3.63. The van der Waals surface area contributed by atoms with Crippen molar-refractivity contribution in [2.45, 2.75) is 18.9 Å². The average molecular weight is 321 g/mol. The van der Waals surface area contributed by atoms with Gasteiger partial charge in [-0.05, 0) is 43.2 Å². The Morgan fingerprint density at radius 1 is 0.905 bits per heavy atom. The van der Waals surface area contributed by atoms with Crippen molar-refractivity contribution in [1.29, 1.82) is 0 Å². The predicted octanol–water partition coefficient (Wildman–Crippen LogP) is 5.07. The van der Waals surface area contributed by atoms with Crippen molar-refractivity contribution in [2.24, 2.45) is 0 Å². The molecule has 0 saturated carbocycles. The lowest BCUT2D eigenvalue weighted by atomic mass is 10.0. The fraction of sp³-hybridized carbons (Fsp3) is 0.294. The van der Waals surface area contributed by atoms with E-state index in [1.165, 1.54) is 5.69 Å². The quantitative estimate of drug-likeness (QED) is 0.848. The summed E-state index contributed by atoms with van der Waals surface area (Å²) in [6.07, 6.45) is 2.24. The van der Waals surface area contributed by atoms with E-state index in [4.69, 9.17) is 23.2 Å². The highest BCUT2D eigenvalue weighted by Crippen LogP contribution is 2.27. The van der Waals surface area contributed by atoms with Gasteiger partial charge in [0.25, 0.3) is 0 Å². The molecule has 3 rings (SSSR count). The van der Waals surface area contributed by atoms with E-state index in [1.807, 2.05) is 18.2 Å². The summed E-state index contributed by atoms with van der Waals surface area (Å²) in [5.74, 6) is 0. The highest BCUT2D eigenvalue weighted by atomic mass is 35.5. The summed E-state index contributed by atoms with van der Waals surface area (Å²) in [5, 5.41) is 4.75. The Kier molecular flexibility index (Phi) is 4.57. The maximum atomic E-state index is 6.05. The number of anilines is 2. The van der Waals surface area contributed by atoms with Crippen LogP contribution in [0, 0.1) is 0 Å². The maximum Gasteiger partial charge on any atom is 0.0612 e. The van der Waals surface area contributed by atoms with E-state index in [0.29, 0.717) is 16.1 Å². The van der Waals surface area contributed by atoms with Crippen molar-refractivity contribution >= 4 is 34.6 Å². The summed E-state index contributed by atoms with van der Waals surface area (Å²) < 4.78 is 0. The molecule has 1 saturated heterocycles. The molecule has 2 aromatic rings. The molecule has 2 nitrogen and oxygen atoms in total. The van der Waals surface area contributed by atoms with Crippen LogP contribution in [0.2, 0.25) is 10.0 Å². The molecule has 0 aliphatic carbocycles. The summed E-state index contributed by atoms with van der Waals surface area (Å²) in [5.41, 5.74) is 2.35. The third-order valence-electron chi connectivity index (χ3n) is 3.91. The molecule has 0 unspecified atom stereocenters. The normalized spacial score (nSPS) is 16.0. The molecule has 0 spiro atoms. The average Bonchev–Trinajstić information content (AvgIpc) is 2.53. The van der Waals surface area contributed by atoms with Gasteiger partial charge in [0, 0.05) is 30.5 Å². The molecular weight excluding hydrogens is 303 g/mol. The Hall–Kier alpha value is -1.38. The second-order valence-electron chi connectivity index (χ2n) is 5.37. The van der Waals surface area contributed by atoms with E-state index in [-0.39, 0.29) is 0 Å².